The Morgan fingerprint density at radius 1 is 1.30 bits per heavy atom. The van der Waals surface area contributed by atoms with Gasteiger partial charge in [-0.3, -0.25) is 0 Å². The van der Waals surface area contributed by atoms with Crippen LogP contribution in [0.2, 0.25) is 0 Å². The molecule has 2 aromatic rings. The Hall–Kier alpha value is -2.63. The highest BCUT2D eigenvalue weighted by Crippen LogP contribution is 2.27. The molecule has 0 aliphatic rings. The number of carbonyl (C=O) groups excluding carboxylic acids is 1. The number of nitrogens with zero attached hydrogens (tertiary/aromatic N) is 1. The molecule has 104 valence electrons. The Kier molecular flexibility index (Phi) is 4.14. The number of halogens is 1. The van der Waals surface area contributed by atoms with Crippen molar-refractivity contribution in [2.45, 2.75) is 0 Å². The molecule has 20 heavy (non-hydrogen) atoms. The van der Waals surface area contributed by atoms with E-state index in [0.29, 0.717) is 11.6 Å². The SMILES string of the molecule is CNc1ccc(Oc2cc(F)ccc2C(=O)OC)cn1. The van der Waals surface area contributed by atoms with Crippen molar-refractivity contribution in [3.63, 3.8) is 0 Å². The molecule has 0 bridgehead atoms. The van der Waals surface area contributed by atoms with Gasteiger partial charge in [-0.1, -0.05) is 0 Å². The summed E-state index contributed by atoms with van der Waals surface area (Å²) < 4.78 is 23.4. The molecule has 1 N–H and O–H groups in total. The number of carbonyl (C=O) groups is 1. The standard InChI is InChI=1S/C14H13FN2O3/c1-16-13-6-4-10(8-17-13)20-12-7-9(15)3-5-11(12)14(18)19-2/h3-8H,1-2H3,(H,16,17). The molecule has 0 aliphatic carbocycles. The van der Waals surface area contributed by atoms with Gasteiger partial charge in [0.25, 0.3) is 0 Å². The van der Waals surface area contributed by atoms with E-state index in [1.54, 1.807) is 19.2 Å². The molecule has 0 aliphatic heterocycles. The van der Waals surface area contributed by atoms with Gasteiger partial charge in [-0.25, -0.2) is 14.2 Å². The number of aromatic nitrogens is 1. The average Bonchev–Trinajstić information content (AvgIpc) is 2.47. The maximum absolute atomic E-state index is 13.3. The Balaban J connectivity index is 2.31. The second-order valence-corrected chi connectivity index (χ2v) is 3.86. The summed E-state index contributed by atoms with van der Waals surface area (Å²) in [4.78, 5) is 15.7. The summed E-state index contributed by atoms with van der Waals surface area (Å²) in [5.74, 6) is 0.0349. The van der Waals surface area contributed by atoms with Gasteiger partial charge in [-0.15, -0.1) is 0 Å². The summed E-state index contributed by atoms with van der Waals surface area (Å²) >= 11 is 0. The van der Waals surface area contributed by atoms with Gasteiger partial charge in [0.05, 0.1) is 13.3 Å². The van der Waals surface area contributed by atoms with Crippen LogP contribution in [0.3, 0.4) is 0 Å². The van der Waals surface area contributed by atoms with Crippen LogP contribution in [0.1, 0.15) is 10.4 Å². The molecule has 0 radical (unpaired) electrons. The minimum absolute atomic E-state index is 0.0795. The first kappa shape index (κ1) is 13.8. The molecule has 0 amide bonds. The summed E-state index contributed by atoms with van der Waals surface area (Å²) in [6.07, 6.45) is 1.47. The second-order valence-electron chi connectivity index (χ2n) is 3.86. The van der Waals surface area contributed by atoms with E-state index in [1.165, 1.54) is 25.4 Å². The summed E-state index contributed by atoms with van der Waals surface area (Å²) in [5, 5.41) is 2.87. The van der Waals surface area contributed by atoms with Crippen molar-refractivity contribution in [1.82, 2.24) is 4.98 Å². The summed E-state index contributed by atoms with van der Waals surface area (Å²) in [5.41, 5.74) is 0.145. The number of esters is 1. The van der Waals surface area contributed by atoms with Crippen molar-refractivity contribution in [2.75, 3.05) is 19.5 Å². The van der Waals surface area contributed by atoms with Gasteiger partial charge in [0, 0.05) is 13.1 Å². The smallest absolute Gasteiger partial charge is 0.341 e. The van der Waals surface area contributed by atoms with Crippen LogP contribution in [0.4, 0.5) is 10.2 Å². The van der Waals surface area contributed by atoms with Crippen LogP contribution in [0.25, 0.3) is 0 Å². The lowest BCUT2D eigenvalue weighted by atomic mass is 10.2. The van der Waals surface area contributed by atoms with Crippen molar-refractivity contribution in [1.29, 1.82) is 0 Å². The summed E-state index contributed by atoms with van der Waals surface area (Å²) in [7, 11) is 2.99. The first-order valence-corrected chi connectivity index (χ1v) is 5.83. The van der Waals surface area contributed by atoms with E-state index in [1.807, 2.05) is 0 Å². The molecule has 0 atom stereocenters. The molecule has 2 rings (SSSR count). The molecule has 0 saturated heterocycles. The fraction of sp³-hybridized carbons (Fsp3) is 0.143. The minimum Gasteiger partial charge on any atom is -0.465 e. The number of methoxy groups -OCH3 is 1. The van der Waals surface area contributed by atoms with E-state index in [2.05, 4.69) is 15.0 Å². The predicted octanol–water partition coefficient (Wildman–Crippen LogP) is 2.84. The number of nitrogens with one attached hydrogen (secondary N) is 1. The number of rotatable bonds is 4. The lowest BCUT2D eigenvalue weighted by molar-refractivity contribution is 0.0598. The third-order valence-electron chi connectivity index (χ3n) is 2.57. The van der Waals surface area contributed by atoms with Crippen LogP contribution in [0.5, 0.6) is 11.5 Å². The van der Waals surface area contributed by atoms with Crippen LogP contribution >= 0.6 is 0 Å². The van der Waals surface area contributed by atoms with Gasteiger partial charge in [0.15, 0.2) is 0 Å². The lowest BCUT2D eigenvalue weighted by Gasteiger charge is -2.10. The maximum atomic E-state index is 13.3. The molecular formula is C14H13FN2O3. The van der Waals surface area contributed by atoms with Crippen molar-refractivity contribution in [3.8, 4) is 11.5 Å². The maximum Gasteiger partial charge on any atom is 0.341 e. The number of ether oxygens (including phenoxy) is 2. The van der Waals surface area contributed by atoms with E-state index in [-0.39, 0.29) is 11.3 Å². The molecule has 0 spiro atoms. The highest BCUT2D eigenvalue weighted by atomic mass is 19.1. The topological polar surface area (TPSA) is 60.5 Å². The largest absolute Gasteiger partial charge is 0.465 e. The van der Waals surface area contributed by atoms with Crippen LogP contribution < -0.4 is 10.1 Å². The molecule has 1 aromatic heterocycles. The minimum atomic E-state index is -0.597. The third kappa shape index (κ3) is 3.03. The van der Waals surface area contributed by atoms with E-state index < -0.39 is 11.8 Å². The fourth-order valence-electron chi connectivity index (χ4n) is 1.57. The molecule has 5 nitrogen and oxygen atoms in total. The first-order chi connectivity index (χ1) is 9.63. The van der Waals surface area contributed by atoms with Crippen LogP contribution in [-0.2, 0) is 4.74 Å². The number of anilines is 1. The molecule has 6 heteroatoms. The quantitative estimate of drug-likeness (QED) is 0.870. The molecular weight excluding hydrogens is 263 g/mol. The van der Waals surface area contributed by atoms with Crippen molar-refractivity contribution in [3.05, 3.63) is 47.9 Å². The molecule has 0 unspecified atom stereocenters. The predicted molar refractivity (Wildman–Crippen MR) is 71.6 cm³/mol. The molecule has 0 fully saturated rings. The highest BCUT2D eigenvalue weighted by Gasteiger charge is 2.14. The van der Waals surface area contributed by atoms with Gasteiger partial charge < -0.3 is 14.8 Å². The van der Waals surface area contributed by atoms with Gasteiger partial charge in [0.2, 0.25) is 0 Å². The number of pyridine rings is 1. The summed E-state index contributed by atoms with van der Waals surface area (Å²) in [6, 6.07) is 6.96. The zero-order chi connectivity index (χ0) is 14.5. The average molecular weight is 276 g/mol. The Labute approximate surface area is 115 Å². The Morgan fingerprint density at radius 3 is 2.70 bits per heavy atom. The van der Waals surface area contributed by atoms with Crippen molar-refractivity contribution in [2.24, 2.45) is 0 Å². The molecule has 1 aromatic carbocycles. The van der Waals surface area contributed by atoms with E-state index in [9.17, 15) is 9.18 Å². The van der Waals surface area contributed by atoms with Crippen molar-refractivity contribution < 1.29 is 18.7 Å². The fourth-order valence-corrected chi connectivity index (χ4v) is 1.57. The molecule has 0 saturated carbocycles. The Morgan fingerprint density at radius 2 is 2.10 bits per heavy atom. The highest BCUT2D eigenvalue weighted by molar-refractivity contribution is 5.92. The zero-order valence-corrected chi connectivity index (χ0v) is 11.0. The zero-order valence-electron chi connectivity index (χ0n) is 11.0. The van der Waals surface area contributed by atoms with Crippen molar-refractivity contribution >= 4 is 11.8 Å². The van der Waals surface area contributed by atoms with Gasteiger partial charge in [0.1, 0.15) is 28.7 Å². The van der Waals surface area contributed by atoms with E-state index >= 15 is 0 Å². The van der Waals surface area contributed by atoms with E-state index in [4.69, 9.17) is 4.74 Å². The van der Waals surface area contributed by atoms with Gasteiger partial charge in [-0.2, -0.15) is 0 Å². The van der Waals surface area contributed by atoms with E-state index in [0.717, 1.165) is 6.07 Å². The van der Waals surface area contributed by atoms with Crippen LogP contribution in [0.15, 0.2) is 36.5 Å². The second kappa shape index (κ2) is 6.01. The third-order valence-corrected chi connectivity index (χ3v) is 2.57. The Bertz CT molecular complexity index is 614. The van der Waals surface area contributed by atoms with Gasteiger partial charge in [-0.05, 0) is 24.3 Å². The van der Waals surface area contributed by atoms with Crippen LogP contribution in [-0.4, -0.2) is 25.1 Å². The summed E-state index contributed by atoms with van der Waals surface area (Å²) in [6.45, 7) is 0. The monoisotopic (exact) mass is 276 g/mol. The molecule has 1 heterocycles. The lowest BCUT2D eigenvalue weighted by Crippen LogP contribution is -2.04. The number of hydrogen-bond acceptors (Lipinski definition) is 5. The first-order valence-electron chi connectivity index (χ1n) is 5.83. The van der Waals surface area contributed by atoms with Gasteiger partial charge >= 0.3 is 5.97 Å². The number of hydrogen-bond donors (Lipinski definition) is 1. The number of benzene rings is 1. The van der Waals surface area contributed by atoms with Crippen LogP contribution in [0, 0.1) is 5.82 Å². The normalized spacial score (nSPS) is 9.95.